The molecule has 2 N–H and O–H groups in total. The van der Waals surface area contributed by atoms with Crippen molar-refractivity contribution in [1.29, 1.82) is 5.26 Å². The van der Waals surface area contributed by atoms with Crippen LogP contribution in [0.25, 0.3) is 10.1 Å². The van der Waals surface area contributed by atoms with Gasteiger partial charge in [-0.25, -0.2) is 4.98 Å². The first kappa shape index (κ1) is 37.6. The number of likely N-dealkylation sites (N-methyl/N-ethyl adjacent to an activating group) is 1. The van der Waals surface area contributed by atoms with Crippen LogP contribution in [-0.4, -0.2) is 72.8 Å². The number of Topliss-reactive ketones (excluding diaryl/α,β-unsaturated/α-hetero) is 1. The second-order valence-corrected chi connectivity index (χ2v) is 12.6. The SMILES string of the molecule is COc1cc2cc(C(=O)CCC(=O)O)sc2cc1OC.Cc1cccc(N(C)C(=O)C2C(O)CCN2c2nc(C)cc(C(F)(F)F)c2C#N)c1. The van der Waals surface area contributed by atoms with E-state index in [0.29, 0.717) is 22.1 Å². The van der Waals surface area contributed by atoms with Crippen LogP contribution >= 0.6 is 11.3 Å². The smallest absolute Gasteiger partial charge is 0.417 e. The molecule has 1 amide bonds. The van der Waals surface area contributed by atoms with Gasteiger partial charge in [-0.2, -0.15) is 18.4 Å². The zero-order valence-electron chi connectivity index (χ0n) is 27.9. The summed E-state index contributed by atoms with van der Waals surface area (Å²) in [6.45, 7) is 3.36. The molecule has 5 rings (SSSR count). The van der Waals surface area contributed by atoms with Gasteiger partial charge in [-0.3, -0.25) is 14.4 Å². The van der Waals surface area contributed by atoms with E-state index < -0.39 is 41.3 Å². The van der Waals surface area contributed by atoms with Gasteiger partial charge in [-0.15, -0.1) is 11.3 Å². The first-order valence-corrected chi connectivity index (χ1v) is 16.1. The lowest BCUT2D eigenvalue weighted by Crippen LogP contribution is -2.49. The number of carboxylic acid groups (broad SMARTS) is 1. The Hall–Kier alpha value is -5.20. The van der Waals surface area contributed by atoms with Gasteiger partial charge in [-0.1, -0.05) is 12.1 Å². The minimum absolute atomic E-state index is 0.0103. The summed E-state index contributed by atoms with van der Waals surface area (Å²) in [5.41, 5.74) is -0.174. The minimum Gasteiger partial charge on any atom is -0.493 e. The van der Waals surface area contributed by atoms with Crippen LogP contribution in [0.4, 0.5) is 24.7 Å². The number of ether oxygens (including phenoxy) is 2. The Labute approximate surface area is 290 Å². The summed E-state index contributed by atoms with van der Waals surface area (Å²) in [4.78, 5) is 43.0. The third kappa shape index (κ3) is 8.32. The molecule has 0 spiro atoms. The van der Waals surface area contributed by atoms with Crippen LogP contribution in [0.3, 0.4) is 0 Å². The molecule has 0 bridgehead atoms. The van der Waals surface area contributed by atoms with Crippen molar-refractivity contribution >= 4 is 50.6 Å². The molecule has 3 heterocycles. The number of benzene rings is 2. The topological polar surface area (TPSA) is 153 Å². The maximum Gasteiger partial charge on any atom is 0.417 e. The van der Waals surface area contributed by atoms with Gasteiger partial charge in [0.2, 0.25) is 0 Å². The fourth-order valence-electron chi connectivity index (χ4n) is 5.52. The number of hydrogen-bond donors (Lipinski definition) is 2. The number of alkyl halides is 3. The Morgan fingerprint density at radius 3 is 2.36 bits per heavy atom. The third-order valence-corrected chi connectivity index (χ3v) is 9.16. The summed E-state index contributed by atoms with van der Waals surface area (Å²) in [7, 11) is 4.64. The highest BCUT2D eigenvalue weighted by Crippen LogP contribution is 2.39. The van der Waals surface area contributed by atoms with Crippen LogP contribution in [0.15, 0.2) is 48.5 Å². The van der Waals surface area contributed by atoms with Crippen molar-refractivity contribution in [3.8, 4) is 17.6 Å². The predicted octanol–water partition coefficient (Wildman–Crippen LogP) is 6.16. The number of anilines is 2. The first-order valence-electron chi connectivity index (χ1n) is 15.3. The highest BCUT2D eigenvalue weighted by Gasteiger charge is 2.44. The van der Waals surface area contributed by atoms with E-state index in [0.717, 1.165) is 21.7 Å². The monoisotopic (exact) mass is 712 g/mol. The molecule has 15 heteroatoms. The summed E-state index contributed by atoms with van der Waals surface area (Å²) in [5.74, 6) is -0.660. The molecule has 1 fully saturated rings. The Kier molecular flexibility index (Phi) is 11.7. The molecule has 2 atom stereocenters. The van der Waals surface area contributed by atoms with Crippen LogP contribution in [-0.2, 0) is 15.8 Å². The number of pyridine rings is 1. The number of rotatable bonds is 9. The quantitative estimate of drug-likeness (QED) is 0.193. The van der Waals surface area contributed by atoms with Crippen molar-refractivity contribution in [3.63, 3.8) is 0 Å². The van der Waals surface area contributed by atoms with Crippen LogP contribution in [0.5, 0.6) is 11.5 Å². The number of methoxy groups -OCH3 is 2. The van der Waals surface area contributed by atoms with E-state index in [9.17, 15) is 37.9 Å². The lowest BCUT2D eigenvalue weighted by atomic mass is 10.1. The molecule has 1 aliphatic rings. The normalized spacial score (nSPS) is 15.6. The van der Waals surface area contributed by atoms with Gasteiger partial charge in [0.25, 0.3) is 5.91 Å². The van der Waals surface area contributed by atoms with E-state index in [1.807, 2.05) is 19.1 Å². The van der Waals surface area contributed by atoms with Gasteiger partial charge >= 0.3 is 12.1 Å². The number of aliphatic hydroxyl groups excluding tert-OH is 1. The number of aryl methyl sites for hydroxylation is 2. The van der Waals surface area contributed by atoms with Crippen LogP contribution in [0.2, 0.25) is 0 Å². The zero-order chi connectivity index (χ0) is 36.9. The van der Waals surface area contributed by atoms with Gasteiger partial charge in [0.1, 0.15) is 23.5 Å². The van der Waals surface area contributed by atoms with Crippen LogP contribution in [0.1, 0.15) is 51.3 Å². The Morgan fingerprint density at radius 2 is 1.76 bits per heavy atom. The Bertz CT molecular complexity index is 1920. The van der Waals surface area contributed by atoms with Crippen molar-refractivity contribution in [1.82, 2.24) is 4.98 Å². The molecule has 2 unspecified atom stereocenters. The number of carbonyl (C=O) groups is 3. The second kappa shape index (κ2) is 15.6. The molecule has 1 saturated heterocycles. The molecule has 4 aromatic rings. The summed E-state index contributed by atoms with van der Waals surface area (Å²) < 4.78 is 51.8. The summed E-state index contributed by atoms with van der Waals surface area (Å²) in [6.07, 6.45) is -5.83. The lowest BCUT2D eigenvalue weighted by Gasteiger charge is -2.31. The number of thiophene rings is 1. The number of halogens is 3. The number of aliphatic hydroxyl groups is 1. The van der Waals surface area contributed by atoms with E-state index in [1.54, 1.807) is 50.6 Å². The van der Waals surface area contributed by atoms with Crippen molar-refractivity contribution in [2.45, 2.75) is 51.4 Å². The fourth-order valence-corrected chi connectivity index (χ4v) is 6.56. The molecule has 0 saturated carbocycles. The standard InChI is InChI=1S/C21H21F3N4O2.C14H14O5S/c1-12-5-4-6-14(9-12)27(3)20(30)18-17(29)7-8-28(18)19-15(11-25)16(21(22,23)24)10-13(2)26-19;1-18-10-5-8-6-13(9(15)3-4-14(16)17)20-12(8)7-11(10)19-2/h4-6,9-10,17-18,29H,7-8H2,1-3H3;5-7H,3-4H2,1-2H3,(H,16,17). The number of fused-ring (bicyclic) bond motifs is 1. The number of aromatic nitrogens is 1. The van der Waals surface area contributed by atoms with Gasteiger partial charge < -0.3 is 29.5 Å². The number of hydrogen-bond acceptors (Lipinski definition) is 10. The summed E-state index contributed by atoms with van der Waals surface area (Å²) in [6, 6.07) is 13.8. The average Bonchev–Trinajstić information content (AvgIpc) is 3.68. The van der Waals surface area contributed by atoms with Gasteiger partial charge in [0.15, 0.2) is 17.3 Å². The van der Waals surface area contributed by atoms with Gasteiger partial charge in [0, 0.05) is 42.2 Å². The highest BCUT2D eigenvalue weighted by molar-refractivity contribution is 7.20. The number of carbonyl (C=O) groups excluding carboxylic acids is 2. The maximum absolute atomic E-state index is 13.5. The van der Waals surface area contributed by atoms with Crippen LogP contribution in [0, 0.1) is 25.2 Å². The Morgan fingerprint density at radius 1 is 1.08 bits per heavy atom. The number of nitrogens with zero attached hydrogens (tertiary/aromatic N) is 4. The second-order valence-electron chi connectivity index (χ2n) is 11.5. The molecule has 11 nitrogen and oxygen atoms in total. The molecular weight excluding hydrogens is 677 g/mol. The van der Waals surface area contributed by atoms with Crippen molar-refractivity contribution < 1.29 is 47.2 Å². The van der Waals surface area contributed by atoms with Crippen molar-refractivity contribution in [3.05, 3.63) is 75.8 Å². The molecule has 50 heavy (non-hydrogen) atoms. The Balaban J connectivity index is 0.000000244. The number of amides is 1. The van der Waals surface area contributed by atoms with Gasteiger partial charge in [0.05, 0.1) is 37.2 Å². The van der Waals surface area contributed by atoms with E-state index in [-0.39, 0.29) is 43.1 Å². The number of ketones is 1. The number of aliphatic carboxylic acids is 1. The van der Waals surface area contributed by atoms with E-state index in [4.69, 9.17) is 14.6 Å². The first-order chi connectivity index (χ1) is 23.6. The lowest BCUT2D eigenvalue weighted by molar-refractivity contribution is -0.138. The largest absolute Gasteiger partial charge is 0.493 e. The minimum atomic E-state index is -4.75. The summed E-state index contributed by atoms with van der Waals surface area (Å²) >= 11 is 1.33. The van der Waals surface area contributed by atoms with Crippen LogP contribution < -0.4 is 19.3 Å². The number of nitriles is 1. The predicted molar refractivity (Wildman–Crippen MR) is 181 cm³/mol. The average molecular weight is 713 g/mol. The van der Waals surface area contributed by atoms with Gasteiger partial charge in [-0.05, 0) is 61.5 Å². The molecule has 2 aromatic carbocycles. The third-order valence-electron chi connectivity index (χ3n) is 8.02. The molecule has 0 aliphatic carbocycles. The van der Waals surface area contributed by atoms with Crippen molar-refractivity contribution in [2.24, 2.45) is 0 Å². The molecule has 0 radical (unpaired) electrons. The summed E-state index contributed by atoms with van der Waals surface area (Å²) in [5, 5.41) is 29.4. The van der Waals surface area contributed by atoms with E-state index in [2.05, 4.69) is 4.98 Å². The van der Waals surface area contributed by atoms with E-state index >= 15 is 0 Å². The fraction of sp³-hybridized carbons (Fsp3) is 0.343. The highest BCUT2D eigenvalue weighted by atomic mass is 32.1. The maximum atomic E-state index is 13.5. The number of carboxylic acids is 1. The molecular formula is C35H35F3N4O7S. The molecule has 264 valence electrons. The van der Waals surface area contributed by atoms with E-state index in [1.165, 1.54) is 35.1 Å². The molecule has 2 aromatic heterocycles. The van der Waals surface area contributed by atoms with Crippen molar-refractivity contribution in [2.75, 3.05) is 37.6 Å². The molecule has 1 aliphatic heterocycles. The zero-order valence-corrected chi connectivity index (χ0v) is 28.7.